The summed E-state index contributed by atoms with van der Waals surface area (Å²) in [5.41, 5.74) is 2.53. The van der Waals surface area contributed by atoms with Gasteiger partial charge in [-0.1, -0.05) is 24.3 Å². The first-order chi connectivity index (χ1) is 10.2. The molecule has 0 fully saturated rings. The Morgan fingerprint density at radius 1 is 1.24 bits per heavy atom. The Hall–Kier alpha value is -1.91. The van der Waals surface area contributed by atoms with Gasteiger partial charge in [0.1, 0.15) is 17.7 Å². The number of rotatable bonds is 3. The Kier molecular flexibility index (Phi) is 3.90. The van der Waals surface area contributed by atoms with Crippen LogP contribution in [0, 0.1) is 5.82 Å². The van der Waals surface area contributed by atoms with E-state index >= 15 is 0 Å². The number of hydrogen-bond donors (Lipinski definition) is 1. The number of aliphatic hydroxyl groups is 1. The highest BCUT2D eigenvalue weighted by molar-refractivity contribution is 5.40. The van der Waals surface area contributed by atoms with Crippen LogP contribution in [0.4, 0.5) is 4.39 Å². The number of fused-ring (bicyclic) bond motifs is 1. The second-order valence-corrected chi connectivity index (χ2v) is 5.17. The van der Waals surface area contributed by atoms with E-state index in [0.717, 1.165) is 11.1 Å². The van der Waals surface area contributed by atoms with Gasteiger partial charge in [-0.2, -0.15) is 0 Å². The average molecular weight is 288 g/mol. The molecule has 0 aliphatic carbocycles. The maximum Gasteiger partial charge on any atom is 0.127 e. The van der Waals surface area contributed by atoms with Crippen LogP contribution in [0.2, 0.25) is 0 Å². The zero-order valence-electron chi connectivity index (χ0n) is 11.8. The molecule has 0 aromatic heterocycles. The first-order valence-corrected chi connectivity index (χ1v) is 6.90. The first-order valence-electron chi connectivity index (χ1n) is 6.90. The molecule has 2 aromatic rings. The molecule has 2 aromatic carbocycles. The molecule has 0 spiro atoms. The molecule has 1 unspecified atom stereocenters. The zero-order chi connectivity index (χ0) is 14.8. The molecule has 1 N–H and O–H groups in total. The Balaban J connectivity index is 1.94. The van der Waals surface area contributed by atoms with Crippen LogP contribution in [-0.4, -0.2) is 12.2 Å². The van der Waals surface area contributed by atoms with E-state index in [0.29, 0.717) is 24.3 Å². The number of benzene rings is 2. The Bertz CT molecular complexity index is 642. The molecule has 21 heavy (non-hydrogen) atoms. The predicted molar refractivity (Wildman–Crippen MR) is 76.5 cm³/mol. The van der Waals surface area contributed by atoms with Gasteiger partial charge in [-0.05, 0) is 29.3 Å². The van der Waals surface area contributed by atoms with Crippen LogP contribution in [0.3, 0.4) is 0 Å². The summed E-state index contributed by atoms with van der Waals surface area (Å²) in [5, 5.41) is 10.3. The molecule has 3 nitrogen and oxygen atoms in total. The van der Waals surface area contributed by atoms with Crippen LogP contribution >= 0.6 is 0 Å². The van der Waals surface area contributed by atoms with Gasteiger partial charge in [-0.3, -0.25) is 0 Å². The maximum absolute atomic E-state index is 13.3. The largest absolute Gasteiger partial charge is 0.485 e. The van der Waals surface area contributed by atoms with Gasteiger partial charge in [0.15, 0.2) is 0 Å². The van der Waals surface area contributed by atoms with Crippen LogP contribution in [0.5, 0.6) is 5.75 Å². The lowest BCUT2D eigenvalue weighted by Gasteiger charge is -2.31. The van der Waals surface area contributed by atoms with Gasteiger partial charge in [-0.25, -0.2) is 4.39 Å². The third-order valence-corrected chi connectivity index (χ3v) is 3.74. The van der Waals surface area contributed by atoms with E-state index in [1.165, 1.54) is 12.1 Å². The van der Waals surface area contributed by atoms with Crippen molar-refractivity contribution >= 4 is 0 Å². The van der Waals surface area contributed by atoms with Crippen molar-refractivity contribution in [3.05, 3.63) is 65.0 Å². The third-order valence-electron chi connectivity index (χ3n) is 3.74. The lowest BCUT2D eigenvalue weighted by Crippen LogP contribution is -2.20. The molecule has 1 aliphatic rings. The monoisotopic (exact) mass is 288 g/mol. The fourth-order valence-electron chi connectivity index (χ4n) is 2.74. The van der Waals surface area contributed by atoms with E-state index in [-0.39, 0.29) is 11.9 Å². The molecule has 0 saturated carbocycles. The predicted octanol–water partition coefficient (Wildman–Crippen LogP) is 3.53. The molecule has 0 radical (unpaired) electrons. The van der Waals surface area contributed by atoms with Crippen molar-refractivity contribution in [3.8, 4) is 5.75 Å². The quantitative estimate of drug-likeness (QED) is 0.939. The van der Waals surface area contributed by atoms with Crippen LogP contribution in [0.15, 0.2) is 42.5 Å². The van der Waals surface area contributed by atoms with E-state index in [9.17, 15) is 9.50 Å². The molecular weight excluding hydrogens is 271 g/mol. The van der Waals surface area contributed by atoms with Gasteiger partial charge < -0.3 is 14.6 Å². The van der Waals surface area contributed by atoms with Crippen LogP contribution in [-0.2, 0) is 11.3 Å². The Morgan fingerprint density at radius 2 is 2.05 bits per heavy atom. The van der Waals surface area contributed by atoms with Crippen molar-refractivity contribution < 1.29 is 19.0 Å². The summed E-state index contributed by atoms with van der Waals surface area (Å²) in [4.78, 5) is 0. The van der Waals surface area contributed by atoms with Crippen molar-refractivity contribution in [2.24, 2.45) is 0 Å². The molecule has 1 heterocycles. The normalized spacial score (nSPS) is 20.7. The lowest BCUT2D eigenvalue weighted by atomic mass is 9.92. The van der Waals surface area contributed by atoms with E-state index in [1.54, 1.807) is 13.2 Å². The summed E-state index contributed by atoms with van der Waals surface area (Å²) in [6.45, 7) is 0.488. The van der Waals surface area contributed by atoms with Crippen LogP contribution in [0.1, 0.15) is 35.3 Å². The zero-order valence-corrected chi connectivity index (χ0v) is 11.8. The maximum atomic E-state index is 13.3. The Labute approximate surface area is 122 Å². The number of hydrogen-bond acceptors (Lipinski definition) is 3. The highest BCUT2D eigenvalue weighted by Gasteiger charge is 2.29. The molecule has 3 rings (SSSR count). The fraction of sp³-hybridized carbons (Fsp3) is 0.294. The van der Waals surface area contributed by atoms with Crippen LogP contribution < -0.4 is 4.74 Å². The second kappa shape index (κ2) is 5.84. The van der Waals surface area contributed by atoms with Gasteiger partial charge in [0.05, 0.1) is 12.7 Å². The summed E-state index contributed by atoms with van der Waals surface area (Å²) in [6, 6.07) is 12.1. The third kappa shape index (κ3) is 2.77. The van der Waals surface area contributed by atoms with Gasteiger partial charge in [-0.15, -0.1) is 0 Å². The van der Waals surface area contributed by atoms with Crippen LogP contribution in [0.25, 0.3) is 0 Å². The second-order valence-electron chi connectivity index (χ2n) is 5.17. The molecule has 0 bridgehead atoms. The summed E-state index contributed by atoms with van der Waals surface area (Å²) >= 11 is 0. The van der Waals surface area contributed by atoms with Gasteiger partial charge >= 0.3 is 0 Å². The smallest absolute Gasteiger partial charge is 0.127 e. The lowest BCUT2D eigenvalue weighted by molar-refractivity contribution is 0.0638. The number of ether oxygens (including phenoxy) is 2. The summed E-state index contributed by atoms with van der Waals surface area (Å²) in [7, 11) is 1.64. The molecular formula is C17H17FO3. The van der Waals surface area contributed by atoms with Crippen molar-refractivity contribution in [2.75, 3.05) is 7.11 Å². The summed E-state index contributed by atoms with van der Waals surface area (Å²) < 4.78 is 24.4. The van der Waals surface area contributed by atoms with Gasteiger partial charge in [0.25, 0.3) is 0 Å². The minimum Gasteiger partial charge on any atom is -0.485 e. The van der Waals surface area contributed by atoms with E-state index in [1.807, 2.05) is 24.3 Å². The summed E-state index contributed by atoms with van der Waals surface area (Å²) in [5.74, 6) is 0.169. The molecule has 0 saturated heterocycles. The molecule has 4 heteroatoms. The van der Waals surface area contributed by atoms with Gasteiger partial charge in [0.2, 0.25) is 0 Å². The number of aliphatic hydroxyl groups excluding tert-OH is 1. The standard InChI is InChI=1S/C17H17FO3/c1-20-10-11-4-2-3-5-13(11)17-9-15(19)14-8-12(18)6-7-16(14)21-17/h2-8,15,17,19H,9-10H2,1H3/t15-,17?/m1/s1. The number of halogens is 1. The van der Waals surface area contributed by atoms with Crippen molar-refractivity contribution in [1.82, 2.24) is 0 Å². The first kappa shape index (κ1) is 14.0. The summed E-state index contributed by atoms with van der Waals surface area (Å²) in [6.07, 6.45) is -0.591. The minimum absolute atomic E-state index is 0.260. The topological polar surface area (TPSA) is 38.7 Å². The molecule has 2 atom stereocenters. The minimum atomic E-state index is -0.731. The molecule has 0 amide bonds. The van der Waals surface area contributed by atoms with E-state index < -0.39 is 6.10 Å². The van der Waals surface area contributed by atoms with Gasteiger partial charge in [0, 0.05) is 19.1 Å². The highest BCUT2D eigenvalue weighted by atomic mass is 19.1. The number of methoxy groups -OCH3 is 1. The van der Waals surface area contributed by atoms with Crippen molar-refractivity contribution in [2.45, 2.75) is 25.2 Å². The van der Waals surface area contributed by atoms with E-state index in [2.05, 4.69) is 0 Å². The molecule has 1 aliphatic heterocycles. The Morgan fingerprint density at radius 3 is 2.86 bits per heavy atom. The van der Waals surface area contributed by atoms with Crippen molar-refractivity contribution in [1.29, 1.82) is 0 Å². The van der Waals surface area contributed by atoms with E-state index in [4.69, 9.17) is 9.47 Å². The van der Waals surface area contributed by atoms with Crippen molar-refractivity contribution in [3.63, 3.8) is 0 Å². The average Bonchev–Trinajstić information content (AvgIpc) is 2.49. The molecule has 110 valence electrons. The fourth-order valence-corrected chi connectivity index (χ4v) is 2.74. The highest BCUT2D eigenvalue weighted by Crippen LogP contribution is 2.41. The SMILES string of the molecule is COCc1ccccc1C1C[C@@H](O)c2cc(F)ccc2O1.